The van der Waals surface area contributed by atoms with Crippen molar-refractivity contribution < 1.29 is 14.3 Å². The average molecular weight is 293 g/mol. The van der Waals surface area contributed by atoms with Gasteiger partial charge in [0.25, 0.3) is 0 Å². The molecule has 0 unspecified atom stereocenters. The van der Waals surface area contributed by atoms with Crippen LogP contribution in [0.2, 0.25) is 0 Å². The van der Waals surface area contributed by atoms with E-state index < -0.39 is 5.97 Å². The van der Waals surface area contributed by atoms with Crippen molar-refractivity contribution in [1.82, 2.24) is 0 Å². The fourth-order valence-electron chi connectivity index (χ4n) is 1.69. The fourth-order valence-corrected chi connectivity index (χ4v) is 1.69. The molecule has 0 bridgehead atoms. The Labute approximate surface area is 129 Å². The van der Waals surface area contributed by atoms with E-state index in [9.17, 15) is 4.79 Å². The molecule has 2 aromatic rings. The Morgan fingerprint density at radius 2 is 1.73 bits per heavy atom. The van der Waals surface area contributed by atoms with E-state index in [0.717, 1.165) is 0 Å². The third-order valence-electron chi connectivity index (χ3n) is 2.87. The number of rotatable bonds is 5. The van der Waals surface area contributed by atoms with Crippen molar-refractivity contribution >= 4 is 5.97 Å². The fraction of sp³-hybridized carbons (Fsp3) is 0.111. The molecule has 0 N–H and O–H groups in total. The van der Waals surface area contributed by atoms with Gasteiger partial charge in [0.05, 0.1) is 17.2 Å². The van der Waals surface area contributed by atoms with Gasteiger partial charge in [-0.25, -0.2) is 4.79 Å². The first-order valence-corrected chi connectivity index (χ1v) is 6.79. The second-order valence-corrected chi connectivity index (χ2v) is 4.43. The number of nitrogens with zero attached hydrogens (tertiary/aromatic N) is 1. The number of carbonyl (C=O) groups is 1. The molecule has 4 nitrogen and oxygen atoms in total. The van der Waals surface area contributed by atoms with Crippen molar-refractivity contribution in [2.75, 3.05) is 6.61 Å². The van der Waals surface area contributed by atoms with E-state index in [0.29, 0.717) is 29.2 Å². The first kappa shape index (κ1) is 15.3. The summed E-state index contributed by atoms with van der Waals surface area (Å²) in [7, 11) is 0. The van der Waals surface area contributed by atoms with Gasteiger partial charge in [0.2, 0.25) is 0 Å². The zero-order valence-electron chi connectivity index (χ0n) is 12.2. The van der Waals surface area contributed by atoms with Crippen LogP contribution in [-0.4, -0.2) is 12.6 Å². The predicted molar refractivity (Wildman–Crippen MR) is 82.9 cm³/mol. The highest BCUT2D eigenvalue weighted by atomic mass is 16.5. The third-order valence-corrected chi connectivity index (χ3v) is 2.87. The molecular formula is C18H15NO3. The molecule has 0 aliphatic heterocycles. The molecule has 22 heavy (non-hydrogen) atoms. The maximum Gasteiger partial charge on any atom is 0.343 e. The third kappa shape index (κ3) is 4.22. The lowest BCUT2D eigenvalue weighted by molar-refractivity contribution is 0.0734. The van der Waals surface area contributed by atoms with Crippen LogP contribution in [0.4, 0.5) is 0 Å². The van der Waals surface area contributed by atoms with E-state index in [1.165, 1.54) is 0 Å². The number of hydrogen-bond donors (Lipinski definition) is 0. The van der Waals surface area contributed by atoms with Crippen LogP contribution in [0.25, 0.3) is 0 Å². The maximum atomic E-state index is 12.0. The van der Waals surface area contributed by atoms with E-state index in [2.05, 4.69) is 0 Å². The number of allylic oxidation sites excluding steroid dienone is 1. The first-order valence-electron chi connectivity index (χ1n) is 6.79. The number of ether oxygens (including phenoxy) is 2. The molecule has 0 aliphatic carbocycles. The summed E-state index contributed by atoms with van der Waals surface area (Å²) in [5.74, 6) is 0.677. The Morgan fingerprint density at radius 1 is 1.09 bits per heavy atom. The molecule has 0 radical (unpaired) electrons. The maximum absolute atomic E-state index is 12.0. The highest BCUT2D eigenvalue weighted by Crippen LogP contribution is 2.19. The smallest absolute Gasteiger partial charge is 0.343 e. The van der Waals surface area contributed by atoms with Crippen molar-refractivity contribution in [3.05, 3.63) is 71.8 Å². The lowest BCUT2D eigenvalue weighted by Crippen LogP contribution is -2.08. The lowest BCUT2D eigenvalue weighted by atomic mass is 10.1. The summed E-state index contributed by atoms with van der Waals surface area (Å²) in [5, 5.41) is 8.72. The number of benzene rings is 2. The molecule has 0 spiro atoms. The largest absolute Gasteiger partial charge is 0.490 e. The van der Waals surface area contributed by atoms with Gasteiger partial charge in [0.1, 0.15) is 18.1 Å². The minimum atomic E-state index is -0.466. The Bertz CT molecular complexity index is 695. The second-order valence-electron chi connectivity index (χ2n) is 4.43. The molecule has 0 aliphatic rings. The summed E-state index contributed by atoms with van der Waals surface area (Å²) in [4.78, 5) is 12.0. The molecule has 4 heteroatoms. The highest BCUT2D eigenvalue weighted by molar-refractivity contribution is 5.91. The van der Waals surface area contributed by atoms with Crippen LogP contribution in [0.1, 0.15) is 22.8 Å². The van der Waals surface area contributed by atoms with Crippen LogP contribution in [0.3, 0.4) is 0 Å². The van der Waals surface area contributed by atoms with Gasteiger partial charge >= 0.3 is 5.97 Å². The molecule has 0 fully saturated rings. The Balaban J connectivity index is 1.97. The first-order chi connectivity index (χ1) is 10.7. The number of esters is 1. The van der Waals surface area contributed by atoms with Crippen molar-refractivity contribution in [1.29, 1.82) is 5.26 Å². The summed E-state index contributed by atoms with van der Waals surface area (Å²) in [5.41, 5.74) is 0.895. The van der Waals surface area contributed by atoms with E-state index in [1.807, 2.05) is 25.1 Å². The van der Waals surface area contributed by atoms with E-state index in [1.54, 1.807) is 48.5 Å². The van der Waals surface area contributed by atoms with Crippen LogP contribution in [-0.2, 0) is 0 Å². The van der Waals surface area contributed by atoms with Gasteiger partial charge in [-0.3, -0.25) is 0 Å². The molecule has 0 saturated heterocycles. The van der Waals surface area contributed by atoms with Gasteiger partial charge in [0, 0.05) is 0 Å². The van der Waals surface area contributed by atoms with E-state index >= 15 is 0 Å². The average Bonchev–Trinajstić information content (AvgIpc) is 2.57. The van der Waals surface area contributed by atoms with Gasteiger partial charge in [0.15, 0.2) is 0 Å². The van der Waals surface area contributed by atoms with Gasteiger partial charge in [-0.1, -0.05) is 12.2 Å². The zero-order valence-corrected chi connectivity index (χ0v) is 12.2. The van der Waals surface area contributed by atoms with Crippen LogP contribution in [0.5, 0.6) is 11.5 Å². The van der Waals surface area contributed by atoms with Crippen LogP contribution in [0, 0.1) is 11.3 Å². The predicted octanol–water partition coefficient (Wildman–Crippen LogP) is 3.73. The quantitative estimate of drug-likeness (QED) is 0.479. The zero-order chi connectivity index (χ0) is 15.8. The monoisotopic (exact) mass is 293 g/mol. The van der Waals surface area contributed by atoms with Crippen molar-refractivity contribution in [3.8, 4) is 17.6 Å². The van der Waals surface area contributed by atoms with Gasteiger partial charge in [-0.15, -0.1) is 0 Å². The molecule has 0 saturated carbocycles. The molecule has 110 valence electrons. The summed E-state index contributed by atoms with van der Waals surface area (Å²) in [6.45, 7) is 2.43. The van der Waals surface area contributed by atoms with Crippen LogP contribution in [0.15, 0.2) is 60.7 Å². The van der Waals surface area contributed by atoms with Crippen molar-refractivity contribution in [2.45, 2.75) is 6.92 Å². The highest BCUT2D eigenvalue weighted by Gasteiger charge is 2.08. The van der Waals surface area contributed by atoms with Gasteiger partial charge < -0.3 is 9.47 Å². The Hall–Kier alpha value is -3.06. The summed E-state index contributed by atoms with van der Waals surface area (Å²) < 4.78 is 10.7. The van der Waals surface area contributed by atoms with Crippen molar-refractivity contribution in [2.24, 2.45) is 0 Å². The molecule has 2 rings (SSSR count). The minimum absolute atomic E-state index is 0.396. The molecule has 0 atom stereocenters. The molecule has 0 aromatic heterocycles. The molecule has 2 aromatic carbocycles. The topological polar surface area (TPSA) is 59.3 Å². The van der Waals surface area contributed by atoms with Crippen molar-refractivity contribution in [3.63, 3.8) is 0 Å². The van der Waals surface area contributed by atoms with Gasteiger partial charge in [-0.2, -0.15) is 5.26 Å². The van der Waals surface area contributed by atoms with Gasteiger partial charge in [-0.05, 0) is 55.5 Å². The Morgan fingerprint density at radius 3 is 2.32 bits per heavy atom. The lowest BCUT2D eigenvalue weighted by Gasteiger charge is -2.06. The SMILES string of the molecule is CC=CCOc1ccc(OC(=O)c2ccc(C#N)cc2)cc1. The number of nitriles is 1. The summed E-state index contributed by atoms with van der Waals surface area (Å²) in [6.07, 6.45) is 3.81. The summed E-state index contributed by atoms with van der Waals surface area (Å²) in [6, 6.07) is 15.1. The summed E-state index contributed by atoms with van der Waals surface area (Å²) >= 11 is 0. The second kappa shape index (κ2) is 7.65. The normalized spacial score (nSPS) is 10.2. The molecule has 0 amide bonds. The van der Waals surface area contributed by atoms with Crippen LogP contribution >= 0.6 is 0 Å². The minimum Gasteiger partial charge on any atom is -0.490 e. The number of hydrogen-bond acceptors (Lipinski definition) is 4. The van der Waals surface area contributed by atoms with E-state index in [4.69, 9.17) is 14.7 Å². The standard InChI is InChI=1S/C18H15NO3/c1-2-3-12-21-16-8-10-17(11-9-16)22-18(20)15-6-4-14(13-19)5-7-15/h2-11H,12H2,1H3. The number of carbonyl (C=O) groups excluding carboxylic acids is 1. The molecule has 0 heterocycles. The Kier molecular flexibility index (Phi) is 5.33. The van der Waals surface area contributed by atoms with Crippen LogP contribution < -0.4 is 9.47 Å². The van der Waals surface area contributed by atoms with E-state index in [-0.39, 0.29) is 0 Å². The molecular weight excluding hydrogens is 278 g/mol.